The molecule has 6 rings (SSSR count). The topological polar surface area (TPSA) is 52.1 Å². The average Bonchev–Trinajstić information content (AvgIpc) is 3.45. The number of benzene rings is 4. The van der Waals surface area contributed by atoms with Gasteiger partial charge < -0.3 is 8.83 Å². The molecule has 0 bridgehead atoms. The lowest BCUT2D eigenvalue weighted by molar-refractivity contribution is 0.589. The first kappa shape index (κ1) is 22.5. The molecule has 180 valence electrons. The first-order valence-corrected chi connectivity index (χ1v) is 12.4. The van der Waals surface area contributed by atoms with Gasteiger partial charge in [0.1, 0.15) is 11.0 Å². The van der Waals surface area contributed by atoms with Crippen LogP contribution in [0, 0.1) is 0 Å². The van der Waals surface area contributed by atoms with E-state index in [4.69, 9.17) is 18.8 Å². The van der Waals surface area contributed by atoms with Gasteiger partial charge >= 0.3 is 0 Å². The Morgan fingerprint density at radius 3 is 1.75 bits per heavy atom. The standard InChI is InChI=1S/C32H30N2O2/c1-31(2,3)20-12-15-26-24(17-20)33-29(35-26)23-14-11-19-9-7-8-10-22(19)28(23)30-34-25-18-21(32(4,5)6)13-16-27(25)36-30/h7-18H,1-6H3. The summed E-state index contributed by atoms with van der Waals surface area (Å²) >= 11 is 0. The molecule has 0 unspecified atom stereocenters. The van der Waals surface area contributed by atoms with E-state index in [1.807, 2.05) is 24.3 Å². The Hall–Kier alpha value is -3.92. The van der Waals surface area contributed by atoms with Crippen molar-refractivity contribution < 1.29 is 8.83 Å². The zero-order valence-corrected chi connectivity index (χ0v) is 21.6. The van der Waals surface area contributed by atoms with Crippen LogP contribution in [0.1, 0.15) is 52.7 Å². The number of hydrogen-bond acceptors (Lipinski definition) is 4. The van der Waals surface area contributed by atoms with Crippen molar-refractivity contribution in [1.29, 1.82) is 0 Å². The highest BCUT2D eigenvalue weighted by molar-refractivity contribution is 6.02. The molecule has 4 aromatic carbocycles. The van der Waals surface area contributed by atoms with Gasteiger partial charge in [0.05, 0.1) is 11.1 Å². The predicted octanol–water partition coefficient (Wildman–Crippen LogP) is 9.05. The van der Waals surface area contributed by atoms with E-state index in [2.05, 4.69) is 90.1 Å². The van der Waals surface area contributed by atoms with Crippen molar-refractivity contribution in [3.63, 3.8) is 0 Å². The first-order valence-electron chi connectivity index (χ1n) is 12.4. The number of aromatic nitrogens is 2. The Morgan fingerprint density at radius 1 is 0.583 bits per heavy atom. The third-order valence-corrected chi connectivity index (χ3v) is 6.88. The van der Waals surface area contributed by atoms with Gasteiger partial charge in [-0.3, -0.25) is 0 Å². The summed E-state index contributed by atoms with van der Waals surface area (Å²) in [5.41, 5.74) is 7.51. The number of oxazole rings is 2. The number of rotatable bonds is 2. The lowest BCUT2D eigenvalue weighted by Crippen LogP contribution is -2.10. The number of nitrogens with zero attached hydrogens (tertiary/aromatic N) is 2. The fourth-order valence-corrected chi connectivity index (χ4v) is 4.69. The van der Waals surface area contributed by atoms with E-state index in [0.717, 1.165) is 44.1 Å². The van der Waals surface area contributed by atoms with Crippen molar-refractivity contribution in [1.82, 2.24) is 9.97 Å². The molecule has 4 heteroatoms. The largest absolute Gasteiger partial charge is 0.436 e. The van der Waals surface area contributed by atoms with Crippen LogP contribution >= 0.6 is 0 Å². The summed E-state index contributed by atoms with van der Waals surface area (Å²) in [6.07, 6.45) is 0. The number of fused-ring (bicyclic) bond motifs is 3. The fraction of sp³-hybridized carbons (Fsp3) is 0.250. The third kappa shape index (κ3) is 3.78. The zero-order valence-electron chi connectivity index (χ0n) is 21.6. The van der Waals surface area contributed by atoms with E-state index in [1.165, 1.54) is 11.1 Å². The second kappa shape index (κ2) is 7.79. The normalized spacial score (nSPS) is 12.7. The van der Waals surface area contributed by atoms with Crippen molar-refractivity contribution in [2.75, 3.05) is 0 Å². The second-order valence-corrected chi connectivity index (χ2v) is 11.6. The highest BCUT2D eigenvalue weighted by Crippen LogP contribution is 2.40. The summed E-state index contributed by atoms with van der Waals surface area (Å²) < 4.78 is 12.6. The summed E-state index contributed by atoms with van der Waals surface area (Å²) in [5, 5.41) is 2.16. The van der Waals surface area contributed by atoms with Gasteiger partial charge in [0, 0.05) is 0 Å². The minimum atomic E-state index is 0.0298. The van der Waals surface area contributed by atoms with Crippen molar-refractivity contribution >= 4 is 33.0 Å². The van der Waals surface area contributed by atoms with Crippen LogP contribution in [0.3, 0.4) is 0 Å². The van der Waals surface area contributed by atoms with Crippen molar-refractivity contribution in [2.45, 2.75) is 52.4 Å². The van der Waals surface area contributed by atoms with Gasteiger partial charge in [0.15, 0.2) is 11.2 Å². The molecule has 4 nitrogen and oxygen atoms in total. The zero-order chi connectivity index (χ0) is 25.2. The van der Waals surface area contributed by atoms with Crippen LogP contribution in [-0.2, 0) is 10.8 Å². The maximum absolute atomic E-state index is 6.35. The molecule has 0 aliphatic rings. The smallest absolute Gasteiger partial charge is 0.228 e. The molecule has 6 aromatic rings. The molecule has 0 saturated heterocycles. The lowest BCUT2D eigenvalue weighted by Gasteiger charge is -2.18. The lowest BCUT2D eigenvalue weighted by atomic mass is 9.87. The van der Waals surface area contributed by atoms with Crippen molar-refractivity contribution in [2.24, 2.45) is 0 Å². The molecule has 2 heterocycles. The quantitative estimate of drug-likeness (QED) is 0.251. The van der Waals surface area contributed by atoms with Gasteiger partial charge in [-0.2, -0.15) is 0 Å². The van der Waals surface area contributed by atoms with E-state index in [1.54, 1.807) is 0 Å². The molecule has 0 radical (unpaired) electrons. The van der Waals surface area contributed by atoms with Crippen LogP contribution in [0.5, 0.6) is 0 Å². The first-order chi connectivity index (χ1) is 17.1. The van der Waals surface area contributed by atoms with Crippen molar-refractivity contribution in [3.05, 3.63) is 83.9 Å². The second-order valence-electron chi connectivity index (χ2n) is 11.6. The molecular formula is C32H30N2O2. The number of hydrogen-bond donors (Lipinski definition) is 0. The fourth-order valence-electron chi connectivity index (χ4n) is 4.69. The van der Waals surface area contributed by atoms with Crippen LogP contribution in [0.2, 0.25) is 0 Å². The Morgan fingerprint density at radius 2 is 1.14 bits per heavy atom. The van der Waals surface area contributed by atoms with Gasteiger partial charge in [-0.1, -0.05) is 84.0 Å². The monoisotopic (exact) mass is 474 g/mol. The van der Waals surface area contributed by atoms with E-state index >= 15 is 0 Å². The highest BCUT2D eigenvalue weighted by atomic mass is 16.4. The van der Waals surface area contributed by atoms with E-state index in [0.29, 0.717) is 11.8 Å². The Kier molecular flexibility index (Phi) is 4.88. The maximum Gasteiger partial charge on any atom is 0.228 e. The Balaban J connectivity index is 1.58. The van der Waals surface area contributed by atoms with Crippen LogP contribution in [-0.4, -0.2) is 9.97 Å². The van der Waals surface area contributed by atoms with Crippen molar-refractivity contribution in [3.8, 4) is 22.9 Å². The van der Waals surface area contributed by atoms with E-state index in [9.17, 15) is 0 Å². The van der Waals surface area contributed by atoms with Crippen LogP contribution in [0.15, 0.2) is 81.6 Å². The SMILES string of the molecule is CC(C)(C)c1ccc2oc(-c3ccc4ccccc4c3-c3nc4cc(C(C)(C)C)ccc4o3)nc2c1. The molecule has 0 saturated carbocycles. The van der Waals surface area contributed by atoms with Gasteiger partial charge in [0.25, 0.3) is 0 Å². The minimum absolute atomic E-state index is 0.0298. The molecule has 0 aliphatic heterocycles. The van der Waals surface area contributed by atoms with Crippen LogP contribution in [0.4, 0.5) is 0 Å². The maximum atomic E-state index is 6.35. The molecule has 0 N–H and O–H groups in total. The summed E-state index contributed by atoms with van der Waals surface area (Å²) in [4.78, 5) is 9.87. The van der Waals surface area contributed by atoms with Crippen LogP contribution in [0.25, 0.3) is 55.9 Å². The van der Waals surface area contributed by atoms with Gasteiger partial charge in [-0.05, 0) is 63.1 Å². The van der Waals surface area contributed by atoms with Gasteiger partial charge in [-0.25, -0.2) is 9.97 Å². The molecule has 0 aliphatic carbocycles. The Labute approximate surface area is 211 Å². The highest BCUT2D eigenvalue weighted by Gasteiger charge is 2.23. The summed E-state index contributed by atoms with van der Waals surface area (Å²) in [6, 6.07) is 25.0. The average molecular weight is 475 g/mol. The molecule has 0 atom stereocenters. The van der Waals surface area contributed by atoms with Gasteiger partial charge in [0.2, 0.25) is 11.8 Å². The predicted molar refractivity (Wildman–Crippen MR) is 147 cm³/mol. The van der Waals surface area contributed by atoms with Gasteiger partial charge in [-0.15, -0.1) is 0 Å². The third-order valence-electron chi connectivity index (χ3n) is 6.88. The summed E-state index contributed by atoms with van der Waals surface area (Å²) in [6.45, 7) is 13.2. The molecule has 0 spiro atoms. The molecule has 0 fully saturated rings. The van der Waals surface area contributed by atoms with E-state index in [-0.39, 0.29) is 10.8 Å². The summed E-state index contributed by atoms with van der Waals surface area (Å²) in [7, 11) is 0. The summed E-state index contributed by atoms with van der Waals surface area (Å²) in [5.74, 6) is 1.13. The Bertz CT molecular complexity index is 1760. The molecular weight excluding hydrogens is 444 g/mol. The van der Waals surface area contributed by atoms with E-state index < -0.39 is 0 Å². The minimum Gasteiger partial charge on any atom is -0.436 e. The van der Waals surface area contributed by atoms with Crippen LogP contribution < -0.4 is 0 Å². The molecule has 0 amide bonds. The molecule has 36 heavy (non-hydrogen) atoms. The molecule has 2 aromatic heterocycles.